The average molecular weight is 282 g/mol. The molecule has 1 fully saturated rings. The third-order valence-electron chi connectivity index (χ3n) is 3.77. The molecule has 0 aromatic heterocycles. The molecule has 16 heavy (non-hydrogen) atoms. The fourth-order valence-electron chi connectivity index (χ4n) is 2.63. The van der Waals surface area contributed by atoms with Crippen molar-refractivity contribution < 1.29 is 4.74 Å². The van der Waals surface area contributed by atoms with E-state index in [1.807, 2.05) is 0 Å². The lowest BCUT2D eigenvalue weighted by Crippen LogP contribution is -2.14. The number of rotatable bonds is 2. The molecule has 0 amide bonds. The molecule has 2 N–H and O–H groups in total. The average Bonchev–Trinajstić information content (AvgIpc) is 2.78. The molecule has 1 aliphatic heterocycles. The highest BCUT2D eigenvalue weighted by Gasteiger charge is 2.40. The van der Waals surface area contributed by atoms with Gasteiger partial charge >= 0.3 is 0 Å². The van der Waals surface area contributed by atoms with Gasteiger partial charge in [-0.2, -0.15) is 0 Å². The van der Waals surface area contributed by atoms with Crippen molar-refractivity contribution >= 4 is 15.9 Å². The largest absolute Gasteiger partial charge is 0.493 e. The van der Waals surface area contributed by atoms with Crippen molar-refractivity contribution in [2.75, 3.05) is 6.61 Å². The summed E-state index contributed by atoms with van der Waals surface area (Å²) in [5.41, 5.74) is 8.82. The lowest BCUT2D eigenvalue weighted by Gasteiger charge is -2.16. The van der Waals surface area contributed by atoms with Crippen LogP contribution in [0.15, 0.2) is 16.6 Å². The Labute approximate surface area is 104 Å². The molecule has 2 aliphatic rings. The minimum Gasteiger partial charge on any atom is -0.493 e. The van der Waals surface area contributed by atoms with Crippen LogP contribution in [0.4, 0.5) is 0 Å². The van der Waals surface area contributed by atoms with Crippen LogP contribution in [0.25, 0.3) is 0 Å². The third kappa shape index (κ3) is 1.66. The Bertz CT molecular complexity index is 432. The third-order valence-corrected chi connectivity index (χ3v) is 4.23. The fourth-order valence-corrected chi connectivity index (χ4v) is 3.15. The summed E-state index contributed by atoms with van der Waals surface area (Å²) in [6.07, 6.45) is 2.26. The zero-order valence-electron chi connectivity index (χ0n) is 9.37. The standard InChI is InChI=1S/C13H16BrNO/c1-7-4-10(7)12(15)11-6-9(14)5-8-2-3-16-13(8)11/h5-7,10,12H,2-4,15H2,1H3. The highest BCUT2D eigenvalue weighted by molar-refractivity contribution is 9.10. The maximum absolute atomic E-state index is 6.33. The summed E-state index contributed by atoms with van der Waals surface area (Å²) < 4.78 is 6.84. The summed E-state index contributed by atoms with van der Waals surface area (Å²) in [4.78, 5) is 0. The van der Waals surface area contributed by atoms with E-state index in [2.05, 4.69) is 35.0 Å². The molecule has 0 bridgehead atoms. The Kier molecular flexibility index (Phi) is 2.48. The van der Waals surface area contributed by atoms with E-state index in [4.69, 9.17) is 10.5 Å². The number of halogens is 1. The molecule has 2 nitrogen and oxygen atoms in total. The van der Waals surface area contributed by atoms with Gasteiger partial charge in [-0.25, -0.2) is 0 Å². The van der Waals surface area contributed by atoms with Gasteiger partial charge in [-0.3, -0.25) is 0 Å². The topological polar surface area (TPSA) is 35.2 Å². The molecule has 0 saturated heterocycles. The van der Waals surface area contributed by atoms with E-state index >= 15 is 0 Å². The van der Waals surface area contributed by atoms with Crippen LogP contribution in [0.1, 0.15) is 30.5 Å². The van der Waals surface area contributed by atoms with Crippen LogP contribution in [-0.2, 0) is 6.42 Å². The predicted octanol–water partition coefficient (Wildman–Crippen LogP) is 3.04. The van der Waals surface area contributed by atoms with Crippen molar-refractivity contribution in [2.24, 2.45) is 17.6 Å². The molecule has 1 aliphatic carbocycles. The van der Waals surface area contributed by atoms with Crippen LogP contribution in [-0.4, -0.2) is 6.61 Å². The number of nitrogens with two attached hydrogens (primary N) is 1. The molecular formula is C13H16BrNO. The van der Waals surface area contributed by atoms with E-state index in [0.29, 0.717) is 5.92 Å². The first-order valence-electron chi connectivity index (χ1n) is 5.87. The number of ether oxygens (including phenoxy) is 1. The maximum Gasteiger partial charge on any atom is 0.127 e. The van der Waals surface area contributed by atoms with Crippen molar-refractivity contribution in [3.05, 3.63) is 27.7 Å². The SMILES string of the molecule is CC1CC1C(N)c1cc(Br)cc2c1OCC2. The van der Waals surface area contributed by atoms with Crippen LogP contribution in [0.3, 0.4) is 0 Å². The zero-order chi connectivity index (χ0) is 11.3. The van der Waals surface area contributed by atoms with Crippen LogP contribution >= 0.6 is 15.9 Å². The van der Waals surface area contributed by atoms with Crippen LogP contribution in [0.5, 0.6) is 5.75 Å². The molecule has 1 aromatic rings. The molecular weight excluding hydrogens is 266 g/mol. The van der Waals surface area contributed by atoms with E-state index in [0.717, 1.165) is 29.2 Å². The van der Waals surface area contributed by atoms with E-state index in [1.165, 1.54) is 17.5 Å². The van der Waals surface area contributed by atoms with Gasteiger partial charge in [0, 0.05) is 22.5 Å². The lowest BCUT2D eigenvalue weighted by atomic mass is 9.98. The first kappa shape index (κ1) is 10.6. The van der Waals surface area contributed by atoms with Gasteiger partial charge in [0.25, 0.3) is 0 Å². The van der Waals surface area contributed by atoms with E-state index in [-0.39, 0.29) is 6.04 Å². The van der Waals surface area contributed by atoms with Crippen molar-refractivity contribution in [2.45, 2.75) is 25.8 Å². The lowest BCUT2D eigenvalue weighted by molar-refractivity contribution is 0.349. The van der Waals surface area contributed by atoms with E-state index in [9.17, 15) is 0 Å². The molecule has 3 unspecified atom stereocenters. The highest BCUT2D eigenvalue weighted by atomic mass is 79.9. The van der Waals surface area contributed by atoms with Gasteiger partial charge in [-0.05, 0) is 36.0 Å². The summed E-state index contributed by atoms with van der Waals surface area (Å²) >= 11 is 3.56. The van der Waals surface area contributed by atoms with Gasteiger partial charge in [-0.15, -0.1) is 0 Å². The van der Waals surface area contributed by atoms with Gasteiger partial charge in [-0.1, -0.05) is 22.9 Å². The molecule has 3 atom stereocenters. The number of hydrogen-bond acceptors (Lipinski definition) is 2. The fraction of sp³-hybridized carbons (Fsp3) is 0.538. The minimum atomic E-state index is 0.138. The Morgan fingerprint density at radius 3 is 2.94 bits per heavy atom. The smallest absolute Gasteiger partial charge is 0.127 e. The first-order valence-corrected chi connectivity index (χ1v) is 6.67. The number of benzene rings is 1. The predicted molar refractivity (Wildman–Crippen MR) is 67.5 cm³/mol. The molecule has 3 heteroatoms. The molecule has 86 valence electrons. The molecule has 0 spiro atoms. The maximum atomic E-state index is 6.33. The van der Waals surface area contributed by atoms with Crippen LogP contribution in [0, 0.1) is 11.8 Å². The second-order valence-corrected chi connectivity index (χ2v) is 5.90. The second-order valence-electron chi connectivity index (χ2n) is 4.98. The second kappa shape index (κ2) is 3.74. The Morgan fingerprint density at radius 1 is 1.50 bits per heavy atom. The van der Waals surface area contributed by atoms with Gasteiger partial charge in [0.05, 0.1) is 6.61 Å². The van der Waals surface area contributed by atoms with Gasteiger partial charge < -0.3 is 10.5 Å². The van der Waals surface area contributed by atoms with Gasteiger partial charge in [0.1, 0.15) is 5.75 Å². The number of fused-ring (bicyclic) bond motifs is 1. The van der Waals surface area contributed by atoms with E-state index in [1.54, 1.807) is 0 Å². The summed E-state index contributed by atoms with van der Waals surface area (Å²) in [6.45, 7) is 3.06. The summed E-state index contributed by atoms with van der Waals surface area (Å²) in [7, 11) is 0. The Balaban J connectivity index is 1.99. The number of hydrogen-bond donors (Lipinski definition) is 1. The zero-order valence-corrected chi connectivity index (χ0v) is 11.0. The molecule has 1 heterocycles. The van der Waals surface area contributed by atoms with Crippen molar-refractivity contribution in [3.8, 4) is 5.75 Å². The Hall–Kier alpha value is -0.540. The first-order chi connectivity index (χ1) is 7.66. The summed E-state index contributed by atoms with van der Waals surface area (Å²) in [6, 6.07) is 4.41. The summed E-state index contributed by atoms with van der Waals surface area (Å²) in [5.74, 6) is 2.46. The highest BCUT2D eigenvalue weighted by Crippen LogP contribution is 2.49. The molecule has 0 radical (unpaired) electrons. The van der Waals surface area contributed by atoms with Crippen molar-refractivity contribution in [1.82, 2.24) is 0 Å². The quantitative estimate of drug-likeness (QED) is 0.905. The van der Waals surface area contributed by atoms with Crippen LogP contribution in [0.2, 0.25) is 0 Å². The van der Waals surface area contributed by atoms with Crippen molar-refractivity contribution in [1.29, 1.82) is 0 Å². The van der Waals surface area contributed by atoms with Crippen LogP contribution < -0.4 is 10.5 Å². The van der Waals surface area contributed by atoms with Gasteiger partial charge in [0.15, 0.2) is 0 Å². The van der Waals surface area contributed by atoms with Gasteiger partial charge in [0.2, 0.25) is 0 Å². The Morgan fingerprint density at radius 2 is 2.25 bits per heavy atom. The van der Waals surface area contributed by atoms with Crippen molar-refractivity contribution in [3.63, 3.8) is 0 Å². The van der Waals surface area contributed by atoms with E-state index < -0.39 is 0 Å². The molecule has 1 aromatic carbocycles. The molecule has 1 saturated carbocycles. The summed E-state index contributed by atoms with van der Waals surface area (Å²) in [5, 5.41) is 0. The minimum absolute atomic E-state index is 0.138. The molecule has 3 rings (SSSR count). The monoisotopic (exact) mass is 281 g/mol. The normalized spacial score (nSPS) is 28.4.